The number of Topliss-reactive ketones (excluding diaryl/α,β-unsaturated/α-hetero) is 1. The molecule has 1 N–H and O–H groups in total. The van der Waals surface area contributed by atoms with Gasteiger partial charge in [-0.25, -0.2) is 4.98 Å². The van der Waals surface area contributed by atoms with Crippen LogP contribution in [0.1, 0.15) is 36.6 Å². The first-order valence-corrected chi connectivity index (χ1v) is 13.4. The zero-order valence-electron chi connectivity index (χ0n) is 22.1. The smallest absolute Gasteiger partial charge is 0.301 e. The minimum absolute atomic E-state index is 0.0238. The fourth-order valence-electron chi connectivity index (χ4n) is 4.59. The Morgan fingerprint density at radius 1 is 0.974 bits per heavy atom. The van der Waals surface area contributed by atoms with Crippen LogP contribution in [0.25, 0.3) is 16.0 Å². The van der Waals surface area contributed by atoms with Crippen molar-refractivity contribution < 1.29 is 28.9 Å². The van der Waals surface area contributed by atoms with Crippen LogP contribution in [-0.4, -0.2) is 42.1 Å². The van der Waals surface area contributed by atoms with Crippen molar-refractivity contribution in [1.82, 2.24) is 4.98 Å². The number of anilines is 1. The number of amides is 1. The molecule has 39 heavy (non-hydrogen) atoms. The van der Waals surface area contributed by atoms with E-state index in [0.29, 0.717) is 52.2 Å². The second-order valence-corrected chi connectivity index (χ2v) is 9.95. The molecule has 0 saturated carbocycles. The number of aryl methyl sites for hydroxylation is 1. The number of rotatable bonds is 8. The van der Waals surface area contributed by atoms with E-state index in [-0.39, 0.29) is 11.3 Å². The first kappa shape index (κ1) is 26.2. The van der Waals surface area contributed by atoms with Gasteiger partial charge in [0, 0.05) is 5.56 Å². The largest absolute Gasteiger partial charge is 0.507 e. The number of nitrogens with zero attached hydrogens (tertiary/aromatic N) is 2. The molecule has 0 bridgehead atoms. The molecule has 0 radical (unpaired) electrons. The topological polar surface area (TPSA) is 98.2 Å². The summed E-state index contributed by atoms with van der Waals surface area (Å²) in [7, 11) is 1.52. The molecule has 1 amide bonds. The van der Waals surface area contributed by atoms with Crippen LogP contribution < -0.4 is 19.1 Å². The second kappa shape index (κ2) is 10.8. The van der Waals surface area contributed by atoms with E-state index in [1.807, 2.05) is 51.1 Å². The van der Waals surface area contributed by atoms with Gasteiger partial charge in [-0.15, -0.1) is 0 Å². The molecule has 1 aliphatic heterocycles. The zero-order chi connectivity index (χ0) is 27.7. The number of carbonyl (C=O) groups is 2. The molecule has 5 rings (SSSR count). The second-order valence-electron chi connectivity index (χ2n) is 8.94. The third-order valence-electron chi connectivity index (χ3n) is 6.44. The van der Waals surface area contributed by atoms with Gasteiger partial charge in [-0.05, 0) is 56.7 Å². The predicted octanol–water partition coefficient (Wildman–Crippen LogP) is 6.04. The molecule has 2 heterocycles. The van der Waals surface area contributed by atoms with Crippen LogP contribution in [0, 0.1) is 6.92 Å². The van der Waals surface area contributed by atoms with Crippen molar-refractivity contribution in [2.75, 3.05) is 25.2 Å². The van der Waals surface area contributed by atoms with Crippen LogP contribution in [0.3, 0.4) is 0 Å². The Kier molecular flexibility index (Phi) is 7.26. The summed E-state index contributed by atoms with van der Waals surface area (Å²) in [6, 6.07) is 16.9. The van der Waals surface area contributed by atoms with Gasteiger partial charge < -0.3 is 19.3 Å². The summed E-state index contributed by atoms with van der Waals surface area (Å²) >= 11 is 1.27. The monoisotopic (exact) mass is 544 g/mol. The van der Waals surface area contributed by atoms with Crippen LogP contribution in [-0.2, 0) is 9.59 Å². The van der Waals surface area contributed by atoms with E-state index in [9.17, 15) is 14.7 Å². The normalized spacial score (nSPS) is 16.6. The molecule has 0 aliphatic carbocycles. The number of benzene rings is 3. The van der Waals surface area contributed by atoms with E-state index in [1.165, 1.54) is 23.3 Å². The Labute approximate surface area is 230 Å². The van der Waals surface area contributed by atoms with Crippen molar-refractivity contribution in [3.63, 3.8) is 0 Å². The molecular weight excluding hydrogens is 516 g/mol. The molecule has 9 heteroatoms. The summed E-state index contributed by atoms with van der Waals surface area (Å²) in [6.07, 6.45) is 0. The van der Waals surface area contributed by atoms with Crippen LogP contribution >= 0.6 is 11.3 Å². The minimum Gasteiger partial charge on any atom is -0.507 e. The van der Waals surface area contributed by atoms with Crippen molar-refractivity contribution in [1.29, 1.82) is 0 Å². The average Bonchev–Trinajstić information content (AvgIpc) is 3.47. The summed E-state index contributed by atoms with van der Waals surface area (Å²) in [5.74, 6) is -0.155. The van der Waals surface area contributed by atoms with Crippen molar-refractivity contribution in [3.05, 3.63) is 82.9 Å². The van der Waals surface area contributed by atoms with E-state index in [0.717, 1.165) is 10.3 Å². The molecule has 1 fully saturated rings. The molecule has 1 atom stereocenters. The highest BCUT2D eigenvalue weighted by atomic mass is 32.1. The maximum atomic E-state index is 13.6. The third kappa shape index (κ3) is 4.81. The Morgan fingerprint density at radius 3 is 2.41 bits per heavy atom. The summed E-state index contributed by atoms with van der Waals surface area (Å²) < 4.78 is 17.6. The van der Waals surface area contributed by atoms with Gasteiger partial charge >= 0.3 is 5.91 Å². The Hall–Kier alpha value is -4.37. The first-order chi connectivity index (χ1) is 18.9. The Morgan fingerprint density at radius 2 is 1.72 bits per heavy atom. The molecule has 1 unspecified atom stereocenters. The third-order valence-corrected chi connectivity index (χ3v) is 7.46. The van der Waals surface area contributed by atoms with Gasteiger partial charge in [0.2, 0.25) is 0 Å². The lowest BCUT2D eigenvalue weighted by atomic mass is 9.95. The number of hydrogen-bond donors (Lipinski definition) is 1. The highest BCUT2D eigenvalue weighted by Gasteiger charge is 2.48. The predicted molar refractivity (Wildman–Crippen MR) is 151 cm³/mol. The maximum absolute atomic E-state index is 13.6. The number of fused-ring (bicyclic) bond motifs is 1. The average molecular weight is 545 g/mol. The van der Waals surface area contributed by atoms with Gasteiger partial charge in [-0.2, -0.15) is 0 Å². The van der Waals surface area contributed by atoms with Gasteiger partial charge in [-0.3, -0.25) is 14.5 Å². The summed E-state index contributed by atoms with van der Waals surface area (Å²) in [5.41, 5.74) is 2.65. The van der Waals surface area contributed by atoms with Crippen molar-refractivity contribution in [3.8, 4) is 17.2 Å². The van der Waals surface area contributed by atoms with Gasteiger partial charge in [-0.1, -0.05) is 47.2 Å². The number of aliphatic hydroxyl groups is 1. The lowest BCUT2D eigenvalue weighted by Gasteiger charge is -2.24. The van der Waals surface area contributed by atoms with Gasteiger partial charge in [0.1, 0.15) is 11.5 Å². The molecule has 8 nitrogen and oxygen atoms in total. The van der Waals surface area contributed by atoms with Crippen molar-refractivity contribution >= 4 is 44.1 Å². The number of thiazole rings is 1. The summed E-state index contributed by atoms with van der Waals surface area (Å²) in [4.78, 5) is 33.1. The Bertz CT molecular complexity index is 1590. The van der Waals surface area contributed by atoms with Crippen LogP contribution in [0.15, 0.2) is 66.2 Å². The molecule has 3 aromatic carbocycles. The lowest BCUT2D eigenvalue weighted by molar-refractivity contribution is -0.132. The van der Waals surface area contributed by atoms with Gasteiger partial charge in [0.25, 0.3) is 5.78 Å². The highest BCUT2D eigenvalue weighted by molar-refractivity contribution is 7.22. The molecular formula is C30H28N2O6S. The fraction of sp³-hybridized carbons (Fsp3) is 0.233. The fourth-order valence-corrected chi connectivity index (χ4v) is 5.61. The van der Waals surface area contributed by atoms with Crippen LogP contribution in [0.4, 0.5) is 5.13 Å². The van der Waals surface area contributed by atoms with Crippen molar-refractivity contribution in [2.24, 2.45) is 0 Å². The molecule has 1 aliphatic rings. The van der Waals surface area contributed by atoms with Crippen LogP contribution in [0.2, 0.25) is 0 Å². The highest BCUT2D eigenvalue weighted by Crippen LogP contribution is 2.46. The van der Waals surface area contributed by atoms with E-state index in [1.54, 1.807) is 30.3 Å². The van der Waals surface area contributed by atoms with E-state index in [2.05, 4.69) is 4.98 Å². The number of aromatic nitrogens is 1. The number of carbonyl (C=O) groups excluding carboxylic acids is 2. The number of methoxy groups -OCH3 is 1. The SMILES string of the molecule is CCOc1ccc2nc(N3C(=O)C(=O)/C(=C(/O)c4ccc(C)cc4)C3c3ccc(OCC)c(OC)c3)sc2c1. The standard InChI is InChI=1S/C30H28N2O6S/c1-5-37-20-12-13-21-24(16-20)39-30(31-21)32-26(19-11-14-22(38-6-2)23(15-19)36-4)25(28(34)29(32)35)27(33)18-9-7-17(3)8-10-18/h7-16,26,33H,5-6H2,1-4H3/b27-25+. The van der Waals surface area contributed by atoms with E-state index in [4.69, 9.17) is 14.2 Å². The summed E-state index contributed by atoms with van der Waals surface area (Å²) in [6.45, 7) is 6.66. The number of ether oxygens (including phenoxy) is 3. The lowest BCUT2D eigenvalue weighted by Crippen LogP contribution is -2.29. The molecule has 0 spiro atoms. The quantitative estimate of drug-likeness (QED) is 0.164. The molecule has 1 aromatic heterocycles. The van der Waals surface area contributed by atoms with Gasteiger partial charge in [0.15, 0.2) is 16.6 Å². The van der Waals surface area contributed by atoms with Crippen LogP contribution in [0.5, 0.6) is 17.2 Å². The first-order valence-electron chi connectivity index (χ1n) is 12.6. The number of aliphatic hydroxyl groups excluding tert-OH is 1. The molecule has 1 saturated heterocycles. The maximum Gasteiger partial charge on any atom is 0.301 e. The van der Waals surface area contributed by atoms with E-state index >= 15 is 0 Å². The number of hydrogen-bond acceptors (Lipinski definition) is 8. The molecule has 4 aromatic rings. The molecule has 200 valence electrons. The zero-order valence-corrected chi connectivity index (χ0v) is 22.9. The minimum atomic E-state index is -0.942. The van der Waals surface area contributed by atoms with Gasteiger partial charge in [0.05, 0.1) is 42.2 Å². The summed E-state index contributed by atoms with van der Waals surface area (Å²) in [5, 5.41) is 11.7. The Balaban J connectivity index is 1.71. The number of ketones is 1. The van der Waals surface area contributed by atoms with E-state index < -0.39 is 17.7 Å². The van der Waals surface area contributed by atoms with Crippen molar-refractivity contribution in [2.45, 2.75) is 26.8 Å².